The predicted molar refractivity (Wildman–Crippen MR) is 79.5 cm³/mol. The Kier molecular flexibility index (Phi) is 4.26. The second-order valence-corrected chi connectivity index (χ2v) is 9.53. The number of hydrogen-bond acceptors (Lipinski definition) is 5. The number of thiazole rings is 1. The fourth-order valence-corrected chi connectivity index (χ4v) is 5.28. The molecule has 0 saturated carbocycles. The summed E-state index contributed by atoms with van der Waals surface area (Å²) in [6, 6.07) is 0. The van der Waals surface area contributed by atoms with Gasteiger partial charge >= 0.3 is 0 Å². The molecule has 0 amide bonds. The maximum Gasteiger partial charge on any atom is 0.254 e. The van der Waals surface area contributed by atoms with Gasteiger partial charge in [0.1, 0.15) is 0 Å². The Morgan fingerprint density at radius 1 is 1.35 bits per heavy atom. The van der Waals surface area contributed by atoms with E-state index < -0.39 is 10.0 Å². The highest BCUT2D eigenvalue weighted by molar-refractivity contribution is 7.91. The van der Waals surface area contributed by atoms with Gasteiger partial charge in [0.2, 0.25) is 0 Å². The zero-order valence-electron chi connectivity index (χ0n) is 12.6. The van der Waals surface area contributed by atoms with Gasteiger partial charge in [-0.3, -0.25) is 0 Å². The van der Waals surface area contributed by atoms with Crippen LogP contribution in [-0.2, 0) is 14.8 Å². The lowest BCUT2D eigenvalue weighted by Gasteiger charge is -2.38. The Labute approximate surface area is 125 Å². The summed E-state index contributed by atoms with van der Waals surface area (Å²) in [5.41, 5.74) is 0.513. The van der Waals surface area contributed by atoms with Crippen molar-refractivity contribution in [2.75, 3.05) is 19.7 Å². The lowest BCUT2D eigenvalue weighted by Crippen LogP contribution is -2.49. The fourth-order valence-electron chi connectivity index (χ4n) is 2.24. The summed E-state index contributed by atoms with van der Waals surface area (Å²) in [5, 5.41) is 0.779. The third-order valence-corrected chi connectivity index (χ3v) is 6.96. The van der Waals surface area contributed by atoms with Crippen molar-refractivity contribution in [2.24, 2.45) is 5.41 Å². The van der Waals surface area contributed by atoms with Crippen LogP contribution in [0.3, 0.4) is 0 Å². The molecule has 5 nitrogen and oxygen atoms in total. The van der Waals surface area contributed by atoms with Gasteiger partial charge < -0.3 is 4.74 Å². The van der Waals surface area contributed by atoms with Crippen molar-refractivity contribution in [2.45, 2.75) is 44.9 Å². The number of rotatable bonds is 2. The van der Waals surface area contributed by atoms with E-state index in [0.717, 1.165) is 5.01 Å². The average molecular weight is 318 g/mol. The monoisotopic (exact) mass is 318 g/mol. The zero-order valence-corrected chi connectivity index (χ0v) is 14.3. The van der Waals surface area contributed by atoms with Gasteiger partial charge in [-0.1, -0.05) is 20.8 Å². The zero-order chi connectivity index (χ0) is 15.1. The highest BCUT2D eigenvalue weighted by atomic mass is 32.2. The van der Waals surface area contributed by atoms with E-state index in [0.29, 0.717) is 29.6 Å². The largest absolute Gasteiger partial charge is 0.375 e. The van der Waals surface area contributed by atoms with Crippen LogP contribution < -0.4 is 0 Å². The van der Waals surface area contributed by atoms with Crippen molar-refractivity contribution < 1.29 is 13.2 Å². The summed E-state index contributed by atoms with van der Waals surface area (Å²) in [4.78, 5) is 4.22. The topological polar surface area (TPSA) is 59.5 Å². The number of sulfonamides is 1. The number of hydrogen-bond donors (Lipinski definition) is 0. The molecule has 2 heterocycles. The molecule has 1 fully saturated rings. The van der Waals surface area contributed by atoms with E-state index in [1.54, 1.807) is 6.92 Å². The molecule has 1 aromatic rings. The van der Waals surface area contributed by atoms with Gasteiger partial charge in [-0.05, 0) is 19.3 Å². The van der Waals surface area contributed by atoms with Crippen LogP contribution >= 0.6 is 11.3 Å². The van der Waals surface area contributed by atoms with E-state index >= 15 is 0 Å². The van der Waals surface area contributed by atoms with Crippen LogP contribution in [0.5, 0.6) is 0 Å². The number of ether oxygens (including phenoxy) is 1. The van der Waals surface area contributed by atoms with Crippen LogP contribution in [0.25, 0.3) is 0 Å². The third kappa shape index (κ3) is 3.05. The predicted octanol–water partition coefficient (Wildman–Crippen LogP) is 2.20. The highest BCUT2D eigenvalue weighted by Crippen LogP contribution is 2.31. The summed E-state index contributed by atoms with van der Waals surface area (Å²) < 4.78 is 33.1. The van der Waals surface area contributed by atoms with Crippen LogP contribution in [0, 0.1) is 19.3 Å². The molecular formula is C13H22N2O3S2. The molecule has 0 bridgehead atoms. The molecular weight excluding hydrogens is 296 g/mol. The minimum absolute atomic E-state index is 0.0765. The van der Waals surface area contributed by atoms with Gasteiger partial charge in [-0.15, -0.1) is 11.3 Å². The standard InChI is InChI=1S/C13H22N2O3S2/c1-9-12(19-10(2)14-9)20(16,17)15-6-7-18-11(8-15)13(3,4)5/h11H,6-8H2,1-5H3. The quantitative estimate of drug-likeness (QED) is 0.839. The van der Waals surface area contributed by atoms with Crippen LogP contribution in [0.2, 0.25) is 0 Å². The summed E-state index contributed by atoms with van der Waals surface area (Å²) in [7, 11) is -3.46. The number of nitrogens with zero attached hydrogens (tertiary/aromatic N) is 2. The van der Waals surface area contributed by atoms with Gasteiger partial charge in [-0.2, -0.15) is 4.31 Å². The van der Waals surface area contributed by atoms with Crippen LogP contribution in [0.1, 0.15) is 31.5 Å². The van der Waals surface area contributed by atoms with Gasteiger partial charge in [-0.25, -0.2) is 13.4 Å². The Balaban J connectivity index is 2.28. The van der Waals surface area contributed by atoms with Gasteiger partial charge in [0.15, 0.2) is 4.21 Å². The fraction of sp³-hybridized carbons (Fsp3) is 0.769. The van der Waals surface area contributed by atoms with E-state index in [1.807, 2.05) is 6.92 Å². The van der Waals surface area contributed by atoms with E-state index in [-0.39, 0.29) is 11.5 Å². The Morgan fingerprint density at radius 3 is 2.50 bits per heavy atom. The first-order valence-corrected chi connectivity index (χ1v) is 8.94. The van der Waals surface area contributed by atoms with Crippen molar-refractivity contribution in [3.8, 4) is 0 Å². The molecule has 2 rings (SSSR count). The van der Waals surface area contributed by atoms with E-state index in [2.05, 4.69) is 25.8 Å². The van der Waals surface area contributed by atoms with Crippen molar-refractivity contribution >= 4 is 21.4 Å². The van der Waals surface area contributed by atoms with E-state index in [9.17, 15) is 8.42 Å². The third-order valence-electron chi connectivity index (χ3n) is 3.43. The van der Waals surface area contributed by atoms with Gasteiger partial charge in [0.05, 0.1) is 23.4 Å². The Morgan fingerprint density at radius 2 is 2.00 bits per heavy atom. The maximum atomic E-state index is 12.7. The average Bonchev–Trinajstić information content (AvgIpc) is 2.68. The molecule has 1 aromatic heterocycles. The van der Waals surface area contributed by atoms with Crippen LogP contribution in [-0.4, -0.2) is 43.5 Å². The number of aryl methyl sites for hydroxylation is 2. The molecule has 1 unspecified atom stereocenters. The first kappa shape index (κ1) is 15.9. The normalized spacial score (nSPS) is 22.1. The lowest BCUT2D eigenvalue weighted by atomic mass is 9.88. The van der Waals surface area contributed by atoms with Crippen molar-refractivity contribution in [3.63, 3.8) is 0 Å². The molecule has 0 radical (unpaired) electrons. The van der Waals surface area contributed by atoms with Crippen molar-refractivity contribution in [3.05, 3.63) is 10.7 Å². The SMILES string of the molecule is Cc1nc(C)c(S(=O)(=O)N2CCOC(C(C)(C)C)C2)s1. The summed E-state index contributed by atoms with van der Waals surface area (Å²) in [5.74, 6) is 0. The molecule has 0 N–H and O–H groups in total. The highest BCUT2D eigenvalue weighted by Gasteiger charge is 2.37. The van der Waals surface area contributed by atoms with E-state index in [1.165, 1.54) is 15.6 Å². The van der Waals surface area contributed by atoms with Gasteiger partial charge in [0, 0.05) is 13.1 Å². The number of aromatic nitrogens is 1. The molecule has 20 heavy (non-hydrogen) atoms. The minimum atomic E-state index is -3.46. The van der Waals surface area contributed by atoms with E-state index in [4.69, 9.17) is 4.74 Å². The van der Waals surface area contributed by atoms with Crippen LogP contribution in [0.15, 0.2) is 4.21 Å². The molecule has 7 heteroatoms. The second kappa shape index (κ2) is 5.36. The molecule has 114 valence electrons. The van der Waals surface area contributed by atoms with Gasteiger partial charge in [0.25, 0.3) is 10.0 Å². The first-order chi connectivity index (χ1) is 9.12. The summed E-state index contributed by atoms with van der Waals surface area (Å²) >= 11 is 1.24. The molecule has 1 aliphatic heterocycles. The molecule has 1 atom stereocenters. The Hall–Kier alpha value is -0.500. The molecule has 0 spiro atoms. The molecule has 0 aliphatic carbocycles. The second-order valence-electron chi connectivity index (χ2n) is 6.19. The minimum Gasteiger partial charge on any atom is -0.375 e. The molecule has 1 saturated heterocycles. The first-order valence-electron chi connectivity index (χ1n) is 6.68. The molecule has 1 aliphatic rings. The lowest BCUT2D eigenvalue weighted by molar-refractivity contribution is -0.0590. The summed E-state index contributed by atoms with van der Waals surface area (Å²) in [6.07, 6.45) is -0.0830. The number of morpholine rings is 1. The van der Waals surface area contributed by atoms with Crippen molar-refractivity contribution in [1.29, 1.82) is 0 Å². The Bertz CT molecular complexity index is 587. The summed E-state index contributed by atoms with van der Waals surface area (Å²) in [6.45, 7) is 11.0. The smallest absolute Gasteiger partial charge is 0.254 e. The molecule has 0 aromatic carbocycles. The van der Waals surface area contributed by atoms with Crippen molar-refractivity contribution in [1.82, 2.24) is 9.29 Å². The maximum absolute atomic E-state index is 12.7. The van der Waals surface area contributed by atoms with Crippen LogP contribution in [0.4, 0.5) is 0 Å².